The molecule has 1 aliphatic rings. The third-order valence-corrected chi connectivity index (χ3v) is 3.24. The lowest BCUT2D eigenvalue weighted by atomic mass is 9.98. The van der Waals surface area contributed by atoms with Crippen molar-refractivity contribution in [2.45, 2.75) is 70.8 Å². The molecule has 2 nitrogen and oxygen atoms in total. The third kappa shape index (κ3) is 4.43. The number of hydrogen-bond acceptors (Lipinski definition) is 2. The number of nitrogens with zero attached hydrogens (tertiary/aromatic N) is 1. The fraction of sp³-hybridized carbons (Fsp3) is 1.00. The SMILES string of the molecule is CCCCCCCC1CCCCN1O. The maximum Gasteiger partial charge on any atom is 0.0350 e. The van der Waals surface area contributed by atoms with Crippen LogP contribution in [0.5, 0.6) is 0 Å². The minimum absolute atomic E-state index is 0.463. The summed E-state index contributed by atoms with van der Waals surface area (Å²) in [6.07, 6.45) is 11.6. The molecular weight excluding hydrogens is 174 g/mol. The van der Waals surface area contributed by atoms with Gasteiger partial charge in [0.05, 0.1) is 0 Å². The molecule has 0 radical (unpaired) electrons. The van der Waals surface area contributed by atoms with Gasteiger partial charge >= 0.3 is 0 Å². The van der Waals surface area contributed by atoms with E-state index in [-0.39, 0.29) is 0 Å². The molecule has 0 aliphatic carbocycles. The number of hydroxylamine groups is 2. The van der Waals surface area contributed by atoms with Crippen LogP contribution in [0.1, 0.15) is 64.7 Å². The van der Waals surface area contributed by atoms with Crippen LogP contribution in [0.15, 0.2) is 0 Å². The molecule has 1 atom stereocenters. The molecule has 0 bridgehead atoms. The maximum atomic E-state index is 9.60. The van der Waals surface area contributed by atoms with Crippen molar-refractivity contribution in [2.75, 3.05) is 6.54 Å². The van der Waals surface area contributed by atoms with E-state index < -0.39 is 0 Å². The van der Waals surface area contributed by atoms with Gasteiger partial charge in [0.15, 0.2) is 0 Å². The van der Waals surface area contributed by atoms with Crippen LogP contribution in [-0.2, 0) is 0 Å². The summed E-state index contributed by atoms with van der Waals surface area (Å²) in [5, 5.41) is 11.2. The zero-order chi connectivity index (χ0) is 10.2. The van der Waals surface area contributed by atoms with Gasteiger partial charge in [0.2, 0.25) is 0 Å². The summed E-state index contributed by atoms with van der Waals surface area (Å²) in [4.78, 5) is 0. The minimum Gasteiger partial charge on any atom is -0.314 e. The Labute approximate surface area is 88.3 Å². The Balaban J connectivity index is 1.99. The van der Waals surface area contributed by atoms with Crippen LogP contribution in [-0.4, -0.2) is 22.9 Å². The molecule has 1 fully saturated rings. The second-order valence-electron chi connectivity index (χ2n) is 4.52. The predicted molar refractivity (Wildman–Crippen MR) is 59.5 cm³/mol. The van der Waals surface area contributed by atoms with Crippen LogP contribution in [0.4, 0.5) is 0 Å². The molecule has 0 aromatic rings. The molecule has 1 rings (SSSR count). The molecule has 1 unspecified atom stereocenters. The zero-order valence-corrected chi connectivity index (χ0v) is 9.54. The van der Waals surface area contributed by atoms with Gasteiger partial charge in [-0.3, -0.25) is 0 Å². The second kappa shape index (κ2) is 7.24. The highest BCUT2D eigenvalue weighted by molar-refractivity contribution is 4.70. The van der Waals surface area contributed by atoms with E-state index in [9.17, 15) is 5.21 Å². The molecular formula is C12H25NO. The average Bonchev–Trinajstić information content (AvgIpc) is 2.20. The Hall–Kier alpha value is -0.0800. The molecule has 0 saturated carbocycles. The van der Waals surface area contributed by atoms with Gasteiger partial charge in [-0.25, -0.2) is 0 Å². The lowest BCUT2D eigenvalue weighted by molar-refractivity contribution is -0.143. The Morgan fingerprint density at radius 3 is 2.64 bits per heavy atom. The van der Waals surface area contributed by atoms with Crippen molar-refractivity contribution in [1.29, 1.82) is 0 Å². The van der Waals surface area contributed by atoms with E-state index in [0.717, 1.165) is 6.54 Å². The molecule has 1 aliphatic heterocycles. The Bertz CT molecular complexity index is 138. The molecule has 2 heteroatoms. The molecule has 1 N–H and O–H groups in total. The van der Waals surface area contributed by atoms with Crippen LogP contribution >= 0.6 is 0 Å². The molecule has 84 valence electrons. The van der Waals surface area contributed by atoms with Gasteiger partial charge in [-0.1, -0.05) is 45.4 Å². The van der Waals surface area contributed by atoms with E-state index >= 15 is 0 Å². The van der Waals surface area contributed by atoms with E-state index in [1.54, 1.807) is 5.06 Å². The van der Waals surface area contributed by atoms with E-state index in [1.807, 2.05) is 0 Å². The van der Waals surface area contributed by atoms with E-state index in [0.29, 0.717) is 6.04 Å². The van der Waals surface area contributed by atoms with Gasteiger partial charge in [-0.05, 0) is 19.3 Å². The van der Waals surface area contributed by atoms with Gasteiger partial charge in [-0.15, -0.1) is 0 Å². The lowest BCUT2D eigenvalue weighted by Gasteiger charge is -2.30. The summed E-state index contributed by atoms with van der Waals surface area (Å²) in [6.45, 7) is 3.14. The first kappa shape index (κ1) is 12.0. The van der Waals surface area contributed by atoms with E-state index in [4.69, 9.17) is 0 Å². The first-order valence-corrected chi connectivity index (χ1v) is 6.30. The van der Waals surface area contributed by atoms with Gasteiger partial charge in [-0.2, -0.15) is 5.06 Å². The number of piperidine rings is 1. The predicted octanol–water partition coefficient (Wildman–Crippen LogP) is 3.59. The van der Waals surface area contributed by atoms with Gasteiger partial charge in [0.25, 0.3) is 0 Å². The van der Waals surface area contributed by atoms with Crippen LogP contribution in [0, 0.1) is 0 Å². The van der Waals surface area contributed by atoms with Crippen LogP contribution in [0.2, 0.25) is 0 Å². The van der Waals surface area contributed by atoms with E-state index in [1.165, 1.54) is 57.8 Å². The van der Waals surface area contributed by atoms with Crippen molar-refractivity contribution in [2.24, 2.45) is 0 Å². The fourth-order valence-electron chi connectivity index (χ4n) is 2.26. The van der Waals surface area contributed by atoms with Gasteiger partial charge < -0.3 is 5.21 Å². The highest BCUT2D eigenvalue weighted by Crippen LogP contribution is 2.20. The molecule has 14 heavy (non-hydrogen) atoms. The highest BCUT2D eigenvalue weighted by Gasteiger charge is 2.19. The smallest absolute Gasteiger partial charge is 0.0350 e. The summed E-state index contributed by atoms with van der Waals surface area (Å²) in [6, 6.07) is 0.463. The van der Waals surface area contributed by atoms with Crippen LogP contribution in [0.25, 0.3) is 0 Å². The number of rotatable bonds is 6. The number of hydrogen-bond donors (Lipinski definition) is 1. The van der Waals surface area contributed by atoms with Crippen molar-refractivity contribution < 1.29 is 5.21 Å². The summed E-state index contributed by atoms with van der Waals surface area (Å²) in [5.41, 5.74) is 0. The van der Waals surface area contributed by atoms with Crippen molar-refractivity contribution in [1.82, 2.24) is 5.06 Å². The van der Waals surface area contributed by atoms with Crippen molar-refractivity contribution in [3.8, 4) is 0 Å². The fourth-order valence-corrected chi connectivity index (χ4v) is 2.26. The van der Waals surface area contributed by atoms with Crippen LogP contribution in [0.3, 0.4) is 0 Å². The molecule has 1 saturated heterocycles. The Morgan fingerprint density at radius 1 is 1.14 bits per heavy atom. The quantitative estimate of drug-likeness (QED) is 0.661. The largest absolute Gasteiger partial charge is 0.314 e. The minimum atomic E-state index is 0.463. The molecule has 0 amide bonds. The highest BCUT2D eigenvalue weighted by atomic mass is 16.5. The molecule has 0 aromatic carbocycles. The monoisotopic (exact) mass is 199 g/mol. The van der Waals surface area contributed by atoms with Crippen LogP contribution < -0.4 is 0 Å². The third-order valence-electron chi connectivity index (χ3n) is 3.24. The first-order chi connectivity index (χ1) is 6.84. The normalized spacial score (nSPS) is 24.0. The first-order valence-electron chi connectivity index (χ1n) is 6.30. The van der Waals surface area contributed by atoms with Crippen molar-refractivity contribution in [3.05, 3.63) is 0 Å². The molecule has 0 spiro atoms. The van der Waals surface area contributed by atoms with Gasteiger partial charge in [0.1, 0.15) is 0 Å². The van der Waals surface area contributed by atoms with Crippen molar-refractivity contribution in [3.63, 3.8) is 0 Å². The Kier molecular flexibility index (Phi) is 6.20. The average molecular weight is 199 g/mol. The van der Waals surface area contributed by atoms with Gasteiger partial charge in [0, 0.05) is 12.6 Å². The summed E-state index contributed by atoms with van der Waals surface area (Å²) in [7, 11) is 0. The number of unbranched alkanes of at least 4 members (excludes halogenated alkanes) is 4. The summed E-state index contributed by atoms with van der Waals surface area (Å²) >= 11 is 0. The topological polar surface area (TPSA) is 23.5 Å². The summed E-state index contributed by atoms with van der Waals surface area (Å²) < 4.78 is 0. The molecule has 0 aromatic heterocycles. The zero-order valence-electron chi connectivity index (χ0n) is 9.54. The van der Waals surface area contributed by atoms with E-state index in [2.05, 4.69) is 6.92 Å². The second-order valence-corrected chi connectivity index (χ2v) is 4.52. The summed E-state index contributed by atoms with van der Waals surface area (Å²) in [5.74, 6) is 0. The van der Waals surface area contributed by atoms with Crippen molar-refractivity contribution >= 4 is 0 Å². The lowest BCUT2D eigenvalue weighted by Crippen LogP contribution is -2.36. The maximum absolute atomic E-state index is 9.60. The molecule has 1 heterocycles. The Morgan fingerprint density at radius 2 is 1.93 bits per heavy atom. The standard InChI is InChI=1S/C12H25NO/c1-2-3-4-5-6-9-12-10-7-8-11-13(12)14/h12,14H,2-11H2,1H3.